The fourth-order valence-corrected chi connectivity index (χ4v) is 6.55. The zero-order chi connectivity index (χ0) is 21.9. The number of anilines is 1. The van der Waals surface area contributed by atoms with Gasteiger partial charge in [-0.2, -0.15) is 3.71 Å². The number of benzene rings is 3. The molecule has 0 aliphatic carbocycles. The molecule has 0 saturated heterocycles. The minimum Gasteiger partial charge on any atom is -0.495 e. The Balaban J connectivity index is 2.38. The number of hydrogen-bond acceptors (Lipinski definition) is 6. The van der Waals surface area contributed by atoms with Crippen molar-refractivity contribution in [2.45, 2.75) is 16.7 Å². The average Bonchev–Trinajstić information content (AvgIpc) is 2.74. The molecule has 0 unspecified atom stereocenters. The van der Waals surface area contributed by atoms with E-state index in [0.717, 1.165) is 0 Å². The molecule has 0 spiro atoms. The Kier molecular flexibility index (Phi) is 5.95. The van der Waals surface area contributed by atoms with E-state index >= 15 is 0 Å². The van der Waals surface area contributed by atoms with Crippen molar-refractivity contribution in [2.24, 2.45) is 0 Å². The van der Waals surface area contributed by atoms with Crippen LogP contribution >= 0.6 is 0 Å². The first-order valence-electron chi connectivity index (χ1n) is 8.79. The summed E-state index contributed by atoms with van der Waals surface area (Å²) in [6.45, 7) is 1.30. The minimum atomic E-state index is -4.58. The number of ketones is 1. The van der Waals surface area contributed by atoms with Gasteiger partial charge >= 0.3 is 0 Å². The van der Waals surface area contributed by atoms with Crippen LogP contribution in [0.15, 0.2) is 88.7 Å². The van der Waals surface area contributed by atoms with Crippen molar-refractivity contribution in [3.8, 4) is 5.75 Å². The Bertz CT molecular complexity index is 1200. The highest BCUT2D eigenvalue weighted by Crippen LogP contribution is 2.37. The van der Waals surface area contributed by atoms with E-state index in [-0.39, 0.29) is 32.6 Å². The van der Waals surface area contributed by atoms with Crippen molar-refractivity contribution < 1.29 is 26.4 Å². The zero-order valence-electron chi connectivity index (χ0n) is 16.2. The lowest BCUT2D eigenvalue weighted by Gasteiger charge is -2.26. The van der Waals surface area contributed by atoms with Crippen molar-refractivity contribution in [1.29, 1.82) is 0 Å². The predicted molar refractivity (Wildman–Crippen MR) is 113 cm³/mol. The van der Waals surface area contributed by atoms with Crippen LogP contribution in [0.4, 0.5) is 5.69 Å². The Hall–Kier alpha value is -3.17. The second-order valence-electron chi connectivity index (χ2n) is 6.28. The monoisotopic (exact) mass is 445 g/mol. The Morgan fingerprint density at radius 3 is 1.63 bits per heavy atom. The molecule has 0 saturated carbocycles. The molecule has 0 radical (unpaired) electrons. The van der Waals surface area contributed by atoms with Crippen molar-refractivity contribution in [3.05, 3.63) is 84.4 Å². The zero-order valence-corrected chi connectivity index (χ0v) is 17.9. The number of carbonyl (C=O) groups is 1. The second-order valence-corrected chi connectivity index (χ2v) is 10.1. The summed E-state index contributed by atoms with van der Waals surface area (Å²) >= 11 is 0. The second kappa shape index (κ2) is 8.29. The molecule has 0 aliphatic rings. The molecule has 7 nitrogen and oxygen atoms in total. The third-order valence-electron chi connectivity index (χ3n) is 4.30. The normalized spacial score (nSPS) is 11.7. The number of carbonyl (C=O) groups excluding carboxylic acids is 1. The summed E-state index contributed by atoms with van der Waals surface area (Å²) in [5, 5.41) is 0. The Labute approximate surface area is 175 Å². The molecule has 0 N–H and O–H groups in total. The first-order chi connectivity index (χ1) is 14.2. The van der Waals surface area contributed by atoms with Gasteiger partial charge in [0.1, 0.15) is 11.4 Å². The summed E-state index contributed by atoms with van der Waals surface area (Å²) < 4.78 is 59.6. The average molecular weight is 446 g/mol. The topological polar surface area (TPSA) is 97.8 Å². The van der Waals surface area contributed by atoms with E-state index < -0.39 is 20.0 Å². The molecular weight excluding hydrogens is 426 g/mol. The van der Waals surface area contributed by atoms with Gasteiger partial charge in [-0.3, -0.25) is 4.79 Å². The van der Waals surface area contributed by atoms with E-state index in [2.05, 4.69) is 0 Å². The molecule has 0 amide bonds. The molecule has 0 bridgehead atoms. The number of rotatable bonds is 7. The molecule has 156 valence electrons. The molecule has 0 atom stereocenters. The molecular formula is C21H19NO6S2. The van der Waals surface area contributed by atoms with E-state index in [4.69, 9.17) is 4.74 Å². The largest absolute Gasteiger partial charge is 0.495 e. The maximum absolute atomic E-state index is 13.5. The van der Waals surface area contributed by atoms with Gasteiger partial charge in [-0.05, 0) is 49.4 Å². The Morgan fingerprint density at radius 1 is 0.767 bits per heavy atom. The maximum Gasteiger partial charge on any atom is 0.277 e. The molecule has 0 aromatic heterocycles. The standard InChI is InChI=1S/C21H19NO6S2/c1-16(23)17-13-14-21(28-2)20(15-17)22(29(24,25)18-9-5-3-6-10-18)30(26,27)19-11-7-4-8-12-19/h3-15H,1-2H3. The molecule has 9 heteroatoms. The van der Waals surface area contributed by atoms with Crippen molar-refractivity contribution >= 4 is 31.5 Å². The van der Waals surface area contributed by atoms with Crippen LogP contribution in [0.3, 0.4) is 0 Å². The number of ether oxygens (including phenoxy) is 1. The summed E-state index contributed by atoms with van der Waals surface area (Å²) in [4.78, 5) is 11.5. The van der Waals surface area contributed by atoms with E-state index in [1.165, 1.54) is 80.8 Å². The SMILES string of the molecule is COc1ccc(C(C)=O)cc1N(S(=O)(=O)c1ccccc1)S(=O)(=O)c1ccccc1. The van der Waals surface area contributed by atoms with Gasteiger partial charge in [-0.1, -0.05) is 36.4 Å². The van der Waals surface area contributed by atoms with Crippen LogP contribution in [0, 0.1) is 0 Å². The van der Waals surface area contributed by atoms with Gasteiger partial charge in [0.05, 0.1) is 16.9 Å². The van der Waals surface area contributed by atoms with E-state index in [9.17, 15) is 21.6 Å². The highest BCUT2D eigenvalue weighted by Gasteiger charge is 2.38. The van der Waals surface area contributed by atoms with Crippen molar-refractivity contribution in [3.63, 3.8) is 0 Å². The van der Waals surface area contributed by atoms with Gasteiger partial charge in [0.2, 0.25) is 0 Å². The van der Waals surface area contributed by atoms with Crippen LogP contribution < -0.4 is 8.45 Å². The number of sulfonamides is 2. The van der Waals surface area contributed by atoms with Crippen LogP contribution in [0.5, 0.6) is 5.75 Å². The molecule has 3 aromatic rings. The van der Waals surface area contributed by atoms with Crippen molar-refractivity contribution in [1.82, 2.24) is 0 Å². The van der Waals surface area contributed by atoms with E-state index in [1.807, 2.05) is 0 Å². The molecule has 0 fully saturated rings. The number of nitrogens with zero attached hydrogens (tertiary/aromatic N) is 1. The minimum absolute atomic E-state index is 0.0148. The third kappa shape index (κ3) is 3.94. The fraction of sp³-hybridized carbons (Fsp3) is 0.0952. The van der Waals surface area contributed by atoms with Crippen LogP contribution in [0.25, 0.3) is 0 Å². The molecule has 3 rings (SSSR count). The molecule has 0 heterocycles. The van der Waals surface area contributed by atoms with Crippen LogP contribution in [0.1, 0.15) is 17.3 Å². The third-order valence-corrected chi connectivity index (χ3v) is 8.48. The molecule has 3 aromatic carbocycles. The summed E-state index contributed by atoms with van der Waals surface area (Å²) in [5.74, 6) is -0.368. The summed E-state index contributed by atoms with van der Waals surface area (Å²) in [5.41, 5.74) is -0.139. The van der Waals surface area contributed by atoms with Gasteiger partial charge in [-0.25, -0.2) is 16.8 Å². The van der Waals surface area contributed by atoms with E-state index in [1.54, 1.807) is 12.1 Å². The summed E-state index contributed by atoms with van der Waals surface area (Å²) in [6, 6.07) is 18.4. The highest BCUT2D eigenvalue weighted by molar-refractivity contribution is 8.10. The van der Waals surface area contributed by atoms with Crippen LogP contribution in [-0.4, -0.2) is 29.7 Å². The first-order valence-corrected chi connectivity index (χ1v) is 11.7. The number of Topliss-reactive ketones (excluding diaryl/α,β-unsaturated/α-hetero) is 1. The number of hydrogen-bond donors (Lipinski definition) is 0. The Morgan fingerprint density at radius 2 is 1.23 bits per heavy atom. The maximum atomic E-state index is 13.5. The predicted octanol–water partition coefficient (Wildman–Crippen LogP) is 3.48. The summed E-state index contributed by atoms with van der Waals surface area (Å²) in [7, 11) is -7.88. The van der Waals surface area contributed by atoms with Crippen molar-refractivity contribution in [2.75, 3.05) is 10.8 Å². The van der Waals surface area contributed by atoms with Gasteiger partial charge in [-0.15, -0.1) is 0 Å². The highest BCUT2D eigenvalue weighted by atomic mass is 32.3. The molecule has 0 aliphatic heterocycles. The van der Waals surface area contributed by atoms with Gasteiger partial charge in [0.15, 0.2) is 5.78 Å². The van der Waals surface area contributed by atoms with Gasteiger partial charge in [0.25, 0.3) is 20.0 Å². The molecule has 30 heavy (non-hydrogen) atoms. The van der Waals surface area contributed by atoms with Crippen LogP contribution in [-0.2, 0) is 20.0 Å². The quantitative estimate of drug-likeness (QED) is 0.517. The van der Waals surface area contributed by atoms with Crippen LogP contribution in [0.2, 0.25) is 0 Å². The number of methoxy groups -OCH3 is 1. The van der Waals surface area contributed by atoms with Gasteiger partial charge < -0.3 is 4.74 Å². The lowest BCUT2D eigenvalue weighted by Crippen LogP contribution is -2.37. The first kappa shape index (κ1) is 21.5. The lowest BCUT2D eigenvalue weighted by atomic mass is 10.1. The van der Waals surface area contributed by atoms with Gasteiger partial charge in [0, 0.05) is 5.56 Å². The lowest BCUT2D eigenvalue weighted by molar-refractivity contribution is 0.101. The van der Waals surface area contributed by atoms with E-state index in [0.29, 0.717) is 3.71 Å². The smallest absolute Gasteiger partial charge is 0.277 e. The fourth-order valence-electron chi connectivity index (χ4n) is 2.82. The summed E-state index contributed by atoms with van der Waals surface area (Å²) in [6.07, 6.45) is 0.